The first kappa shape index (κ1) is 12.9. The normalized spacial score (nSPS) is 27.3. The zero-order chi connectivity index (χ0) is 13.5. The minimum atomic E-state index is -3.23. The van der Waals surface area contributed by atoms with Crippen LogP contribution in [0.1, 0.15) is 12.8 Å². The highest BCUT2D eigenvalue weighted by molar-refractivity contribution is 7.90. The van der Waals surface area contributed by atoms with E-state index in [0.29, 0.717) is 22.7 Å². The predicted molar refractivity (Wildman–Crippen MR) is 74.1 cm³/mol. The van der Waals surface area contributed by atoms with Crippen LogP contribution in [-0.4, -0.2) is 45.3 Å². The molecule has 2 atom stereocenters. The van der Waals surface area contributed by atoms with Gasteiger partial charge in [-0.25, -0.2) is 13.4 Å². The minimum Gasteiger partial charge on any atom is -0.354 e. The Bertz CT molecular complexity index is 559. The summed E-state index contributed by atoms with van der Waals surface area (Å²) in [6, 6.07) is 3.80. The predicted octanol–water partition coefficient (Wildman–Crippen LogP) is 0.673. The zero-order valence-corrected chi connectivity index (χ0v) is 11.9. The van der Waals surface area contributed by atoms with E-state index in [4.69, 9.17) is 0 Å². The lowest BCUT2D eigenvalue weighted by Gasteiger charge is -2.24. The first-order valence-electron chi connectivity index (χ1n) is 6.69. The molecule has 3 heterocycles. The Labute approximate surface area is 113 Å². The van der Waals surface area contributed by atoms with Gasteiger partial charge in [0.25, 0.3) is 0 Å². The van der Waals surface area contributed by atoms with Gasteiger partial charge in [0.2, 0.25) is 0 Å². The molecule has 0 aromatic carbocycles. The van der Waals surface area contributed by atoms with Gasteiger partial charge < -0.3 is 10.2 Å². The monoisotopic (exact) mass is 281 g/mol. The smallest absolute Gasteiger partial charge is 0.179 e. The quantitative estimate of drug-likeness (QED) is 0.863. The molecule has 0 spiro atoms. The topological polar surface area (TPSA) is 62.3 Å². The van der Waals surface area contributed by atoms with Gasteiger partial charge in [-0.15, -0.1) is 0 Å². The van der Waals surface area contributed by atoms with Gasteiger partial charge in [-0.1, -0.05) is 0 Å². The van der Waals surface area contributed by atoms with E-state index in [-0.39, 0.29) is 0 Å². The van der Waals surface area contributed by atoms with E-state index in [1.807, 2.05) is 0 Å². The van der Waals surface area contributed by atoms with Crippen molar-refractivity contribution in [1.82, 2.24) is 10.3 Å². The van der Waals surface area contributed by atoms with E-state index in [1.54, 1.807) is 18.3 Å². The largest absolute Gasteiger partial charge is 0.354 e. The van der Waals surface area contributed by atoms with E-state index < -0.39 is 9.84 Å². The summed E-state index contributed by atoms with van der Waals surface area (Å²) in [5, 5.41) is 3.52. The Morgan fingerprint density at radius 2 is 2.26 bits per heavy atom. The van der Waals surface area contributed by atoms with Crippen molar-refractivity contribution < 1.29 is 8.42 Å². The van der Waals surface area contributed by atoms with Crippen molar-refractivity contribution in [3.63, 3.8) is 0 Å². The van der Waals surface area contributed by atoms with Gasteiger partial charge in [-0.05, 0) is 37.4 Å². The first-order chi connectivity index (χ1) is 9.05. The van der Waals surface area contributed by atoms with Crippen LogP contribution in [-0.2, 0) is 9.84 Å². The minimum absolute atomic E-state index is 0.341. The summed E-state index contributed by atoms with van der Waals surface area (Å²) in [4.78, 5) is 6.76. The van der Waals surface area contributed by atoms with Crippen LogP contribution < -0.4 is 10.2 Å². The Kier molecular flexibility index (Phi) is 3.22. The molecule has 1 aromatic rings. The van der Waals surface area contributed by atoms with Crippen molar-refractivity contribution in [3.8, 4) is 0 Å². The van der Waals surface area contributed by atoms with Gasteiger partial charge in [-0.2, -0.15) is 0 Å². The van der Waals surface area contributed by atoms with Crippen molar-refractivity contribution in [1.29, 1.82) is 0 Å². The number of aromatic nitrogens is 1. The van der Waals surface area contributed by atoms with Gasteiger partial charge in [0.05, 0.1) is 0 Å². The number of hydrogen-bond acceptors (Lipinski definition) is 5. The number of piperidine rings is 1. The molecule has 0 unspecified atom stereocenters. The van der Waals surface area contributed by atoms with Gasteiger partial charge in [0.1, 0.15) is 10.7 Å². The van der Waals surface area contributed by atoms with Crippen LogP contribution in [0.25, 0.3) is 0 Å². The number of pyridine rings is 1. The Balaban J connectivity index is 1.91. The molecule has 2 fully saturated rings. The molecule has 1 aromatic heterocycles. The fourth-order valence-corrected chi connectivity index (χ4v) is 3.97. The Hall–Kier alpha value is -1.14. The summed E-state index contributed by atoms with van der Waals surface area (Å²) in [7, 11) is -3.23. The van der Waals surface area contributed by atoms with Crippen molar-refractivity contribution >= 4 is 15.7 Å². The molecule has 6 heteroatoms. The Morgan fingerprint density at radius 1 is 1.42 bits per heavy atom. The molecule has 0 amide bonds. The maximum absolute atomic E-state index is 11.8. The van der Waals surface area contributed by atoms with E-state index in [2.05, 4.69) is 15.2 Å². The van der Waals surface area contributed by atoms with Crippen molar-refractivity contribution in [2.75, 3.05) is 30.8 Å². The highest BCUT2D eigenvalue weighted by atomic mass is 32.2. The van der Waals surface area contributed by atoms with Gasteiger partial charge >= 0.3 is 0 Å². The molecule has 2 aliphatic heterocycles. The molecule has 0 saturated carbocycles. The number of rotatable bonds is 2. The van der Waals surface area contributed by atoms with Crippen molar-refractivity contribution in [3.05, 3.63) is 18.3 Å². The summed E-state index contributed by atoms with van der Waals surface area (Å²) < 4.78 is 23.7. The van der Waals surface area contributed by atoms with Crippen molar-refractivity contribution in [2.24, 2.45) is 5.92 Å². The van der Waals surface area contributed by atoms with E-state index in [0.717, 1.165) is 19.6 Å². The Morgan fingerprint density at radius 3 is 3.00 bits per heavy atom. The SMILES string of the molecule is CS(=O)(=O)c1cccnc1N1C[C@@H]2CCCN[C@@H]2C1. The molecule has 19 heavy (non-hydrogen) atoms. The summed E-state index contributed by atoms with van der Waals surface area (Å²) in [5.41, 5.74) is 0. The van der Waals surface area contributed by atoms with Gasteiger partial charge in [0, 0.05) is 31.6 Å². The summed E-state index contributed by atoms with van der Waals surface area (Å²) >= 11 is 0. The number of sulfone groups is 1. The molecule has 0 aliphatic carbocycles. The lowest BCUT2D eigenvalue weighted by molar-refractivity contribution is 0.340. The maximum Gasteiger partial charge on any atom is 0.179 e. The van der Waals surface area contributed by atoms with E-state index in [1.165, 1.54) is 19.1 Å². The zero-order valence-electron chi connectivity index (χ0n) is 11.0. The van der Waals surface area contributed by atoms with Crippen molar-refractivity contribution in [2.45, 2.75) is 23.8 Å². The average molecular weight is 281 g/mol. The van der Waals surface area contributed by atoms with E-state index in [9.17, 15) is 8.42 Å². The van der Waals surface area contributed by atoms with Crippen LogP contribution in [0.5, 0.6) is 0 Å². The summed E-state index contributed by atoms with van der Waals surface area (Å²) in [6.45, 7) is 2.82. The third-order valence-corrected chi connectivity index (χ3v) is 5.17. The highest BCUT2D eigenvalue weighted by Gasteiger charge is 2.36. The number of nitrogens with one attached hydrogen (secondary N) is 1. The fraction of sp³-hybridized carbons (Fsp3) is 0.615. The van der Waals surface area contributed by atoms with Crippen LogP contribution in [0.2, 0.25) is 0 Å². The second kappa shape index (κ2) is 4.76. The standard InChI is InChI=1S/C13H19N3O2S/c1-19(17,18)12-5-3-7-15-13(12)16-8-10-4-2-6-14-11(10)9-16/h3,5,7,10-11,14H,2,4,6,8-9H2,1H3/t10-,11+/m0/s1. The molecule has 1 N–H and O–H groups in total. The molecule has 2 saturated heterocycles. The second-order valence-electron chi connectivity index (χ2n) is 5.47. The first-order valence-corrected chi connectivity index (χ1v) is 8.58. The third-order valence-electron chi connectivity index (χ3n) is 4.05. The molecule has 5 nitrogen and oxygen atoms in total. The highest BCUT2D eigenvalue weighted by Crippen LogP contribution is 2.31. The van der Waals surface area contributed by atoms with Gasteiger partial charge in [0.15, 0.2) is 9.84 Å². The molecule has 2 aliphatic rings. The molecular weight excluding hydrogens is 262 g/mol. The lowest BCUT2D eigenvalue weighted by Crippen LogP contribution is -2.40. The van der Waals surface area contributed by atoms with Crippen LogP contribution in [0.3, 0.4) is 0 Å². The molecule has 104 valence electrons. The summed E-state index contributed by atoms with van der Waals surface area (Å²) in [6.07, 6.45) is 5.33. The molecule has 0 radical (unpaired) electrons. The van der Waals surface area contributed by atoms with Crippen LogP contribution in [0.4, 0.5) is 5.82 Å². The fourth-order valence-electron chi connectivity index (χ4n) is 3.13. The van der Waals surface area contributed by atoms with Crippen LogP contribution in [0.15, 0.2) is 23.2 Å². The van der Waals surface area contributed by atoms with Crippen LogP contribution in [0, 0.1) is 5.92 Å². The number of anilines is 1. The van der Waals surface area contributed by atoms with E-state index >= 15 is 0 Å². The second-order valence-corrected chi connectivity index (χ2v) is 7.45. The molecule has 3 rings (SSSR count). The molecule has 0 bridgehead atoms. The van der Waals surface area contributed by atoms with Gasteiger partial charge in [-0.3, -0.25) is 0 Å². The maximum atomic E-state index is 11.8. The third kappa shape index (κ3) is 2.47. The number of hydrogen-bond donors (Lipinski definition) is 1. The molecular formula is C13H19N3O2S. The number of nitrogens with zero attached hydrogens (tertiary/aromatic N) is 2. The van der Waals surface area contributed by atoms with Crippen LogP contribution >= 0.6 is 0 Å². The summed E-state index contributed by atoms with van der Waals surface area (Å²) in [5.74, 6) is 1.23. The lowest BCUT2D eigenvalue weighted by atomic mass is 9.94. The number of fused-ring (bicyclic) bond motifs is 1. The average Bonchev–Trinajstić information content (AvgIpc) is 2.81.